The predicted octanol–water partition coefficient (Wildman–Crippen LogP) is 2.66. The number of rotatable bonds is 7. The number of nitrogens with two attached hydrogens (primary N) is 1. The molecule has 0 radical (unpaired) electrons. The van der Waals surface area contributed by atoms with Gasteiger partial charge < -0.3 is 19.7 Å². The maximum absolute atomic E-state index is 5.70. The van der Waals surface area contributed by atoms with Crippen LogP contribution in [0.2, 0.25) is 0 Å². The van der Waals surface area contributed by atoms with Gasteiger partial charge in [-0.25, -0.2) is 0 Å². The predicted molar refractivity (Wildman–Crippen MR) is 78.4 cm³/mol. The van der Waals surface area contributed by atoms with Crippen molar-refractivity contribution < 1.29 is 14.0 Å². The van der Waals surface area contributed by atoms with Gasteiger partial charge in [-0.15, -0.1) is 0 Å². The SMILES string of the molecule is COCc1cc(COc2ccc(Br)c(CCN)c2)no1. The van der Waals surface area contributed by atoms with Gasteiger partial charge in [0.15, 0.2) is 5.76 Å². The van der Waals surface area contributed by atoms with Gasteiger partial charge in [0.1, 0.15) is 24.7 Å². The molecule has 2 aromatic rings. The summed E-state index contributed by atoms with van der Waals surface area (Å²) in [6, 6.07) is 7.66. The lowest BCUT2D eigenvalue weighted by molar-refractivity contribution is 0.155. The fraction of sp³-hybridized carbons (Fsp3) is 0.357. The molecule has 0 atom stereocenters. The van der Waals surface area contributed by atoms with Crippen LogP contribution in [0.25, 0.3) is 0 Å². The summed E-state index contributed by atoms with van der Waals surface area (Å²) in [7, 11) is 1.61. The summed E-state index contributed by atoms with van der Waals surface area (Å²) in [4.78, 5) is 0. The van der Waals surface area contributed by atoms with Gasteiger partial charge in [0.2, 0.25) is 0 Å². The number of methoxy groups -OCH3 is 1. The smallest absolute Gasteiger partial charge is 0.162 e. The molecule has 108 valence electrons. The van der Waals surface area contributed by atoms with Crippen molar-refractivity contribution in [2.24, 2.45) is 5.73 Å². The summed E-state index contributed by atoms with van der Waals surface area (Å²) in [5.74, 6) is 1.47. The zero-order valence-electron chi connectivity index (χ0n) is 11.3. The molecule has 1 aromatic carbocycles. The lowest BCUT2D eigenvalue weighted by Gasteiger charge is -2.08. The molecule has 20 heavy (non-hydrogen) atoms. The Bertz CT molecular complexity index is 557. The lowest BCUT2D eigenvalue weighted by atomic mass is 10.1. The summed E-state index contributed by atoms with van der Waals surface area (Å²) >= 11 is 3.50. The highest BCUT2D eigenvalue weighted by Gasteiger charge is 2.06. The van der Waals surface area contributed by atoms with E-state index in [1.54, 1.807) is 7.11 Å². The van der Waals surface area contributed by atoms with E-state index in [9.17, 15) is 0 Å². The van der Waals surface area contributed by atoms with Crippen molar-refractivity contribution in [2.75, 3.05) is 13.7 Å². The van der Waals surface area contributed by atoms with Crippen LogP contribution in [-0.4, -0.2) is 18.8 Å². The fourth-order valence-corrected chi connectivity index (χ4v) is 2.22. The number of aromatic nitrogens is 1. The Hall–Kier alpha value is -1.37. The van der Waals surface area contributed by atoms with Crippen LogP contribution < -0.4 is 10.5 Å². The third kappa shape index (κ3) is 4.06. The van der Waals surface area contributed by atoms with Gasteiger partial charge in [-0.05, 0) is 36.7 Å². The first-order chi connectivity index (χ1) is 9.72. The summed E-state index contributed by atoms with van der Waals surface area (Å²) in [5, 5.41) is 3.92. The van der Waals surface area contributed by atoms with Crippen molar-refractivity contribution in [3.05, 3.63) is 45.8 Å². The van der Waals surface area contributed by atoms with Gasteiger partial charge in [0, 0.05) is 17.6 Å². The molecule has 1 heterocycles. The van der Waals surface area contributed by atoms with E-state index in [0.717, 1.165) is 27.9 Å². The minimum atomic E-state index is 0.358. The number of ether oxygens (including phenoxy) is 2. The number of hydrogen-bond donors (Lipinski definition) is 1. The summed E-state index contributed by atoms with van der Waals surface area (Å²) < 4.78 is 16.8. The van der Waals surface area contributed by atoms with Crippen molar-refractivity contribution in [3.8, 4) is 5.75 Å². The van der Waals surface area contributed by atoms with Gasteiger partial charge >= 0.3 is 0 Å². The van der Waals surface area contributed by atoms with Gasteiger partial charge in [-0.2, -0.15) is 0 Å². The summed E-state index contributed by atoms with van der Waals surface area (Å²) in [6.45, 7) is 1.37. The number of halogens is 1. The normalized spacial score (nSPS) is 10.8. The molecule has 0 bridgehead atoms. The molecule has 0 unspecified atom stereocenters. The van der Waals surface area contributed by atoms with Crippen molar-refractivity contribution in [1.82, 2.24) is 5.16 Å². The zero-order valence-corrected chi connectivity index (χ0v) is 12.9. The van der Waals surface area contributed by atoms with Crippen LogP contribution in [0.4, 0.5) is 0 Å². The number of hydrogen-bond acceptors (Lipinski definition) is 5. The van der Waals surface area contributed by atoms with Crippen molar-refractivity contribution in [2.45, 2.75) is 19.6 Å². The molecule has 0 aliphatic carbocycles. The van der Waals surface area contributed by atoms with Crippen LogP contribution in [0.3, 0.4) is 0 Å². The Balaban J connectivity index is 1.97. The van der Waals surface area contributed by atoms with E-state index in [1.807, 2.05) is 24.3 Å². The fourth-order valence-electron chi connectivity index (χ4n) is 1.78. The van der Waals surface area contributed by atoms with E-state index in [-0.39, 0.29) is 0 Å². The molecule has 0 fully saturated rings. The first-order valence-electron chi connectivity index (χ1n) is 6.27. The summed E-state index contributed by atoms with van der Waals surface area (Å²) in [5.41, 5.74) is 7.45. The highest BCUT2D eigenvalue weighted by Crippen LogP contribution is 2.23. The van der Waals surface area contributed by atoms with E-state index >= 15 is 0 Å². The first kappa shape index (κ1) is 15.0. The first-order valence-corrected chi connectivity index (χ1v) is 7.07. The van der Waals surface area contributed by atoms with Gasteiger partial charge in [-0.1, -0.05) is 21.1 Å². The number of nitrogens with zero attached hydrogens (tertiary/aromatic N) is 1. The molecule has 2 rings (SSSR count). The highest BCUT2D eigenvalue weighted by atomic mass is 79.9. The van der Waals surface area contributed by atoms with Crippen LogP contribution in [0.15, 0.2) is 33.3 Å². The molecule has 0 aliphatic rings. The second-order valence-corrected chi connectivity index (χ2v) is 5.15. The van der Waals surface area contributed by atoms with Crippen molar-refractivity contribution >= 4 is 15.9 Å². The Morgan fingerprint density at radius 2 is 2.15 bits per heavy atom. The Morgan fingerprint density at radius 1 is 1.30 bits per heavy atom. The van der Waals surface area contributed by atoms with E-state index in [1.165, 1.54) is 0 Å². The third-order valence-electron chi connectivity index (χ3n) is 2.71. The molecular weight excluding hydrogens is 324 g/mol. The van der Waals surface area contributed by atoms with Gasteiger partial charge in [0.05, 0.1) is 0 Å². The second-order valence-electron chi connectivity index (χ2n) is 4.30. The molecule has 1 aromatic heterocycles. The molecule has 0 spiro atoms. The number of benzene rings is 1. The lowest BCUT2D eigenvalue weighted by Crippen LogP contribution is -2.04. The molecule has 0 amide bonds. The quantitative estimate of drug-likeness (QED) is 0.838. The topological polar surface area (TPSA) is 70.5 Å². The molecular formula is C14H17BrN2O3. The minimum Gasteiger partial charge on any atom is -0.487 e. The maximum atomic E-state index is 5.70. The van der Waals surface area contributed by atoms with Crippen LogP contribution in [0.1, 0.15) is 17.0 Å². The average Bonchev–Trinajstić information content (AvgIpc) is 2.88. The van der Waals surface area contributed by atoms with Crippen LogP contribution in [0, 0.1) is 0 Å². The maximum Gasteiger partial charge on any atom is 0.162 e. The largest absolute Gasteiger partial charge is 0.487 e. The van der Waals surface area contributed by atoms with Gasteiger partial charge in [-0.3, -0.25) is 0 Å². The van der Waals surface area contributed by atoms with E-state index in [0.29, 0.717) is 25.5 Å². The van der Waals surface area contributed by atoms with Crippen molar-refractivity contribution in [1.29, 1.82) is 0 Å². The second kappa shape index (κ2) is 7.42. The van der Waals surface area contributed by atoms with E-state index < -0.39 is 0 Å². The minimum absolute atomic E-state index is 0.358. The zero-order chi connectivity index (χ0) is 14.4. The van der Waals surface area contributed by atoms with Gasteiger partial charge in [0.25, 0.3) is 0 Å². The Kier molecular flexibility index (Phi) is 5.58. The molecule has 0 saturated carbocycles. The molecule has 0 saturated heterocycles. The Labute approximate surface area is 126 Å². The van der Waals surface area contributed by atoms with E-state index in [2.05, 4.69) is 21.1 Å². The Morgan fingerprint density at radius 3 is 2.90 bits per heavy atom. The molecule has 0 aliphatic heterocycles. The molecule has 2 N–H and O–H groups in total. The highest BCUT2D eigenvalue weighted by molar-refractivity contribution is 9.10. The van der Waals surface area contributed by atoms with Crippen LogP contribution in [0.5, 0.6) is 5.75 Å². The monoisotopic (exact) mass is 340 g/mol. The standard InChI is InChI=1S/C14H17BrN2O3/c1-18-9-13-7-11(17-20-13)8-19-12-2-3-14(15)10(6-12)4-5-16/h2-3,6-7H,4-5,8-9,16H2,1H3. The average molecular weight is 341 g/mol. The third-order valence-corrected chi connectivity index (χ3v) is 3.49. The van der Waals surface area contributed by atoms with Crippen molar-refractivity contribution in [3.63, 3.8) is 0 Å². The molecule has 5 nitrogen and oxygen atoms in total. The van der Waals surface area contributed by atoms with E-state index in [4.69, 9.17) is 19.7 Å². The van der Waals surface area contributed by atoms with Crippen LogP contribution >= 0.6 is 15.9 Å². The molecule has 6 heteroatoms. The van der Waals surface area contributed by atoms with Crippen LogP contribution in [-0.2, 0) is 24.4 Å². The summed E-state index contributed by atoms with van der Waals surface area (Å²) in [6.07, 6.45) is 0.805.